The minimum absolute atomic E-state index is 0.0226. The molecule has 0 atom stereocenters. The van der Waals surface area contributed by atoms with E-state index in [2.05, 4.69) is 21.0 Å². The number of carbonyl (C=O) groups excluding carboxylic acids is 2. The second-order valence-corrected chi connectivity index (χ2v) is 5.22. The molecule has 0 spiro atoms. The van der Waals surface area contributed by atoms with Gasteiger partial charge in [0.05, 0.1) is 5.39 Å². The molecule has 0 aliphatic rings. The van der Waals surface area contributed by atoms with E-state index in [1.54, 1.807) is 48.5 Å². The molecule has 2 aromatic carbocycles. The van der Waals surface area contributed by atoms with Crippen molar-refractivity contribution in [2.75, 3.05) is 0 Å². The number of aromatic amines is 1. The Labute approximate surface area is 136 Å². The van der Waals surface area contributed by atoms with E-state index in [0.717, 1.165) is 5.56 Å². The summed E-state index contributed by atoms with van der Waals surface area (Å²) in [5.74, 6) is -1.07. The van der Waals surface area contributed by atoms with Crippen LogP contribution in [-0.4, -0.2) is 22.0 Å². The second-order valence-electron chi connectivity index (χ2n) is 5.22. The molecule has 0 unspecified atom stereocenters. The molecule has 24 heavy (non-hydrogen) atoms. The molecule has 7 heteroatoms. The number of aryl methyl sites for hydroxylation is 1. The number of hydrogen-bond donors (Lipinski definition) is 3. The molecule has 0 fully saturated rings. The van der Waals surface area contributed by atoms with E-state index in [0.29, 0.717) is 16.3 Å². The number of nitrogens with zero attached hydrogens (tertiary/aromatic N) is 1. The number of hydrogen-bond acceptors (Lipinski definition) is 4. The van der Waals surface area contributed by atoms with Crippen molar-refractivity contribution in [2.24, 2.45) is 0 Å². The van der Waals surface area contributed by atoms with E-state index in [4.69, 9.17) is 0 Å². The third kappa shape index (κ3) is 3.00. The fourth-order valence-corrected chi connectivity index (χ4v) is 2.24. The predicted molar refractivity (Wildman–Crippen MR) is 88.5 cm³/mol. The van der Waals surface area contributed by atoms with Gasteiger partial charge in [0, 0.05) is 10.9 Å². The van der Waals surface area contributed by atoms with Gasteiger partial charge in [-0.25, -0.2) is 5.10 Å². The number of rotatable bonds is 2. The Bertz CT molecular complexity index is 977. The maximum Gasteiger partial charge on any atom is 0.290 e. The third-order valence-electron chi connectivity index (χ3n) is 3.51. The maximum absolute atomic E-state index is 12.2. The van der Waals surface area contributed by atoms with Crippen LogP contribution >= 0.6 is 0 Å². The monoisotopic (exact) mass is 322 g/mol. The number of aromatic nitrogens is 2. The van der Waals surface area contributed by atoms with Gasteiger partial charge in [-0.2, -0.15) is 5.10 Å². The number of fused-ring (bicyclic) bond motifs is 1. The van der Waals surface area contributed by atoms with Crippen LogP contribution in [0.5, 0.6) is 0 Å². The largest absolute Gasteiger partial charge is 0.290 e. The normalized spacial score (nSPS) is 10.4. The molecule has 120 valence electrons. The smallest absolute Gasteiger partial charge is 0.267 e. The Morgan fingerprint density at radius 1 is 0.917 bits per heavy atom. The van der Waals surface area contributed by atoms with Crippen LogP contribution < -0.4 is 16.4 Å². The Morgan fingerprint density at radius 3 is 2.25 bits per heavy atom. The minimum atomic E-state index is -0.622. The molecule has 0 saturated carbocycles. The van der Waals surface area contributed by atoms with Crippen molar-refractivity contribution >= 4 is 22.6 Å². The van der Waals surface area contributed by atoms with Crippen LogP contribution in [0.2, 0.25) is 0 Å². The van der Waals surface area contributed by atoms with Gasteiger partial charge in [-0.3, -0.25) is 25.2 Å². The predicted octanol–water partition coefficient (Wildman–Crippen LogP) is 1.31. The van der Waals surface area contributed by atoms with Crippen LogP contribution in [0, 0.1) is 6.92 Å². The average Bonchev–Trinajstić information content (AvgIpc) is 2.60. The van der Waals surface area contributed by atoms with E-state index in [9.17, 15) is 14.4 Å². The molecular formula is C17H14N4O3. The highest BCUT2D eigenvalue weighted by atomic mass is 16.2. The van der Waals surface area contributed by atoms with Crippen LogP contribution in [0.25, 0.3) is 10.8 Å². The van der Waals surface area contributed by atoms with Crippen molar-refractivity contribution < 1.29 is 9.59 Å². The maximum atomic E-state index is 12.2. The summed E-state index contributed by atoms with van der Waals surface area (Å²) in [7, 11) is 0. The van der Waals surface area contributed by atoms with E-state index in [1.165, 1.54) is 0 Å². The van der Waals surface area contributed by atoms with Crippen molar-refractivity contribution in [2.45, 2.75) is 6.92 Å². The number of hydrazine groups is 1. The molecule has 0 radical (unpaired) electrons. The van der Waals surface area contributed by atoms with Gasteiger partial charge < -0.3 is 0 Å². The molecule has 0 aliphatic carbocycles. The first-order chi connectivity index (χ1) is 11.6. The molecule has 3 rings (SSSR count). The van der Waals surface area contributed by atoms with Crippen molar-refractivity contribution in [3.8, 4) is 0 Å². The summed E-state index contributed by atoms with van der Waals surface area (Å²) < 4.78 is 0. The number of nitrogens with one attached hydrogen (secondary N) is 3. The quantitative estimate of drug-likeness (QED) is 0.619. The summed E-state index contributed by atoms with van der Waals surface area (Å²) in [4.78, 5) is 36.0. The fraction of sp³-hybridized carbons (Fsp3) is 0.0588. The van der Waals surface area contributed by atoms with E-state index in [1.807, 2.05) is 6.92 Å². The molecule has 0 aliphatic heterocycles. The summed E-state index contributed by atoms with van der Waals surface area (Å²) in [6.45, 7) is 1.91. The summed E-state index contributed by atoms with van der Waals surface area (Å²) in [6.07, 6.45) is 0. The highest BCUT2D eigenvalue weighted by molar-refractivity contribution is 6.05. The van der Waals surface area contributed by atoms with Gasteiger partial charge in [0.25, 0.3) is 17.4 Å². The van der Waals surface area contributed by atoms with Crippen LogP contribution in [0.1, 0.15) is 26.4 Å². The summed E-state index contributed by atoms with van der Waals surface area (Å²) in [6, 6.07) is 13.5. The molecule has 7 nitrogen and oxygen atoms in total. The Morgan fingerprint density at radius 2 is 1.54 bits per heavy atom. The lowest BCUT2D eigenvalue weighted by Crippen LogP contribution is -2.42. The molecule has 0 saturated heterocycles. The Kier molecular flexibility index (Phi) is 4.07. The Balaban J connectivity index is 1.78. The van der Waals surface area contributed by atoms with E-state index < -0.39 is 11.8 Å². The lowest BCUT2D eigenvalue weighted by Gasteiger charge is -2.08. The van der Waals surface area contributed by atoms with E-state index >= 15 is 0 Å². The molecular weight excluding hydrogens is 308 g/mol. The van der Waals surface area contributed by atoms with Crippen molar-refractivity contribution in [3.63, 3.8) is 0 Å². The van der Waals surface area contributed by atoms with Gasteiger partial charge in [-0.05, 0) is 25.1 Å². The van der Waals surface area contributed by atoms with Crippen molar-refractivity contribution in [1.29, 1.82) is 0 Å². The van der Waals surface area contributed by atoms with Gasteiger partial charge in [-0.15, -0.1) is 0 Å². The van der Waals surface area contributed by atoms with Crippen molar-refractivity contribution in [1.82, 2.24) is 21.0 Å². The minimum Gasteiger partial charge on any atom is -0.267 e. The average molecular weight is 322 g/mol. The van der Waals surface area contributed by atoms with E-state index in [-0.39, 0.29) is 11.3 Å². The van der Waals surface area contributed by atoms with Gasteiger partial charge in [0.2, 0.25) is 0 Å². The summed E-state index contributed by atoms with van der Waals surface area (Å²) >= 11 is 0. The van der Waals surface area contributed by atoms with Crippen molar-refractivity contribution in [3.05, 3.63) is 75.7 Å². The van der Waals surface area contributed by atoms with Crippen LogP contribution in [0.3, 0.4) is 0 Å². The highest BCUT2D eigenvalue weighted by Gasteiger charge is 2.15. The molecule has 3 aromatic rings. The standard InChI is InChI=1S/C17H14N4O3/c1-10-6-8-11(9-7-10)15(22)19-21-17(24)14-12-4-2-3-5-13(12)16(23)20-18-14/h2-9H,1H3,(H,19,22)(H,20,23)(H,21,24). The lowest BCUT2D eigenvalue weighted by atomic mass is 10.1. The Hall–Kier alpha value is -3.48. The third-order valence-corrected chi connectivity index (χ3v) is 3.51. The topological polar surface area (TPSA) is 104 Å². The molecule has 2 amide bonds. The fourth-order valence-electron chi connectivity index (χ4n) is 2.24. The lowest BCUT2D eigenvalue weighted by molar-refractivity contribution is 0.0844. The van der Waals surface area contributed by atoms with Crippen LogP contribution in [0.15, 0.2) is 53.3 Å². The SMILES string of the molecule is Cc1ccc(C(=O)NNC(=O)c2n[nH]c(=O)c3ccccc23)cc1. The molecule has 3 N–H and O–H groups in total. The zero-order chi connectivity index (χ0) is 17.1. The number of H-pyrrole nitrogens is 1. The van der Waals surface area contributed by atoms with Crippen LogP contribution in [0.4, 0.5) is 0 Å². The first-order valence-electron chi connectivity index (χ1n) is 7.21. The van der Waals surface area contributed by atoms with Crippen LogP contribution in [-0.2, 0) is 0 Å². The first-order valence-corrected chi connectivity index (χ1v) is 7.21. The molecule has 1 aromatic heterocycles. The number of benzene rings is 2. The summed E-state index contributed by atoms with van der Waals surface area (Å²) in [5, 5.41) is 6.79. The summed E-state index contributed by atoms with van der Waals surface area (Å²) in [5.41, 5.74) is 5.71. The first kappa shape index (κ1) is 15.4. The van der Waals surface area contributed by atoms with Gasteiger partial charge >= 0.3 is 0 Å². The molecule has 0 bridgehead atoms. The van der Waals surface area contributed by atoms with Gasteiger partial charge in [0.1, 0.15) is 0 Å². The zero-order valence-electron chi connectivity index (χ0n) is 12.8. The second kappa shape index (κ2) is 6.33. The number of carbonyl (C=O) groups is 2. The van der Waals surface area contributed by atoms with Gasteiger partial charge in [-0.1, -0.05) is 35.9 Å². The van der Waals surface area contributed by atoms with Gasteiger partial charge in [0.15, 0.2) is 5.69 Å². The highest BCUT2D eigenvalue weighted by Crippen LogP contribution is 2.11. The number of amides is 2. The molecule has 1 heterocycles. The zero-order valence-corrected chi connectivity index (χ0v) is 12.8.